The second kappa shape index (κ2) is 4.99. The summed E-state index contributed by atoms with van der Waals surface area (Å²) in [6.45, 7) is 0. The van der Waals surface area contributed by atoms with Gasteiger partial charge in [-0.25, -0.2) is 13.2 Å². The van der Waals surface area contributed by atoms with Crippen LogP contribution in [-0.2, 0) is 6.11 Å². The van der Waals surface area contributed by atoms with Crippen molar-refractivity contribution in [1.82, 2.24) is 0 Å². The standard InChI is InChI=1S/C13H7F5O2/c14-10-5-9(6-11(15)12(10)16)20-13(17,18)7-1-3-8(19)4-2-7/h1-6,19H. The van der Waals surface area contributed by atoms with E-state index >= 15 is 0 Å². The molecule has 0 saturated carbocycles. The van der Waals surface area contributed by atoms with E-state index in [4.69, 9.17) is 5.11 Å². The fourth-order valence-electron chi connectivity index (χ4n) is 1.45. The Labute approximate surface area is 110 Å². The minimum absolute atomic E-state index is 0.233. The molecule has 0 heterocycles. The van der Waals surface area contributed by atoms with Crippen LogP contribution in [0.1, 0.15) is 5.56 Å². The Kier molecular flexibility index (Phi) is 3.52. The number of aromatic hydroxyl groups is 1. The van der Waals surface area contributed by atoms with Gasteiger partial charge in [-0.05, 0) is 24.3 Å². The van der Waals surface area contributed by atoms with Gasteiger partial charge in [-0.1, -0.05) is 0 Å². The van der Waals surface area contributed by atoms with Gasteiger partial charge in [0.05, 0.1) is 5.56 Å². The Hall–Kier alpha value is -2.31. The van der Waals surface area contributed by atoms with Crippen molar-refractivity contribution < 1.29 is 31.8 Å². The van der Waals surface area contributed by atoms with E-state index in [9.17, 15) is 22.0 Å². The van der Waals surface area contributed by atoms with Crippen LogP contribution in [0, 0.1) is 17.5 Å². The van der Waals surface area contributed by atoms with Crippen LogP contribution in [0.3, 0.4) is 0 Å². The zero-order valence-electron chi connectivity index (χ0n) is 9.71. The normalized spacial score (nSPS) is 11.4. The molecular weight excluding hydrogens is 283 g/mol. The van der Waals surface area contributed by atoms with Gasteiger partial charge in [0.25, 0.3) is 0 Å². The van der Waals surface area contributed by atoms with Crippen LogP contribution in [0.4, 0.5) is 22.0 Å². The SMILES string of the molecule is Oc1ccc(C(F)(F)Oc2cc(F)c(F)c(F)c2)cc1. The highest BCUT2D eigenvalue weighted by Gasteiger charge is 2.35. The van der Waals surface area contributed by atoms with Crippen molar-refractivity contribution in [2.45, 2.75) is 6.11 Å². The van der Waals surface area contributed by atoms with E-state index in [-0.39, 0.29) is 5.75 Å². The lowest BCUT2D eigenvalue weighted by atomic mass is 10.2. The third-order valence-corrected chi connectivity index (χ3v) is 2.41. The van der Waals surface area contributed by atoms with E-state index in [0.717, 1.165) is 24.3 Å². The van der Waals surface area contributed by atoms with Gasteiger partial charge in [0.2, 0.25) is 0 Å². The van der Waals surface area contributed by atoms with Crippen LogP contribution in [0.15, 0.2) is 36.4 Å². The topological polar surface area (TPSA) is 29.5 Å². The second-order valence-corrected chi connectivity index (χ2v) is 3.87. The Morgan fingerprint density at radius 1 is 0.900 bits per heavy atom. The predicted octanol–water partition coefficient (Wildman–Crippen LogP) is 3.94. The third kappa shape index (κ3) is 2.81. The summed E-state index contributed by atoms with van der Waals surface area (Å²) in [5, 5.41) is 8.99. The quantitative estimate of drug-likeness (QED) is 0.685. The lowest BCUT2D eigenvalue weighted by Gasteiger charge is -2.18. The maximum absolute atomic E-state index is 13.7. The van der Waals surface area contributed by atoms with Crippen molar-refractivity contribution in [3.05, 3.63) is 59.4 Å². The molecule has 2 rings (SSSR count). The van der Waals surface area contributed by atoms with Gasteiger partial charge in [-0.15, -0.1) is 0 Å². The molecular formula is C13H7F5O2. The molecule has 1 N–H and O–H groups in total. The number of alkyl halides is 2. The average Bonchev–Trinajstić information content (AvgIpc) is 2.36. The molecule has 7 heteroatoms. The summed E-state index contributed by atoms with van der Waals surface area (Å²) in [6, 6.07) is 4.38. The zero-order valence-corrected chi connectivity index (χ0v) is 9.71. The van der Waals surface area contributed by atoms with Crippen LogP contribution in [-0.4, -0.2) is 5.11 Å². The highest BCUT2D eigenvalue weighted by Crippen LogP contribution is 2.33. The average molecular weight is 290 g/mol. The van der Waals surface area contributed by atoms with Crippen LogP contribution in [0.5, 0.6) is 11.5 Å². The van der Waals surface area contributed by atoms with Crippen molar-refractivity contribution >= 4 is 0 Å². The Morgan fingerprint density at radius 2 is 1.40 bits per heavy atom. The fourth-order valence-corrected chi connectivity index (χ4v) is 1.45. The monoisotopic (exact) mass is 290 g/mol. The fraction of sp³-hybridized carbons (Fsp3) is 0.0769. The first-order valence-corrected chi connectivity index (χ1v) is 5.30. The molecule has 0 atom stereocenters. The van der Waals surface area contributed by atoms with Gasteiger partial charge < -0.3 is 9.84 Å². The molecule has 0 amide bonds. The minimum Gasteiger partial charge on any atom is -0.508 e. The molecule has 0 aromatic heterocycles. The molecule has 2 nitrogen and oxygen atoms in total. The molecule has 0 aliphatic heterocycles. The molecule has 0 spiro atoms. The molecule has 106 valence electrons. The molecule has 0 bridgehead atoms. The summed E-state index contributed by atoms with van der Waals surface area (Å²) in [5.41, 5.74) is -0.638. The number of phenolic OH excluding ortho intramolecular Hbond substituents is 1. The summed E-state index contributed by atoms with van der Waals surface area (Å²) in [5.74, 6) is -6.14. The molecule has 0 saturated heterocycles. The summed E-state index contributed by atoms with van der Waals surface area (Å²) < 4.78 is 70.1. The summed E-state index contributed by atoms with van der Waals surface area (Å²) in [4.78, 5) is 0. The first-order valence-electron chi connectivity index (χ1n) is 5.30. The lowest BCUT2D eigenvalue weighted by molar-refractivity contribution is -0.185. The van der Waals surface area contributed by atoms with E-state index < -0.39 is 34.9 Å². The number of ether oxygens (including phenoxy) is 1. The number of hydrogen-bond donors (Lipinski definition) is 1. The summed E-state index contributed by atoms with van der Waals surface area (Å²) in [7, 11) is 0. The minimum atomic E-state index is -3.90. The van der Waals surface area contributed by atoms with Crippen molar-refractivity contribution in [3.8, 4) is 11.5 Å². The largest absolute Gasteiger partial charge is 0.508 e. The zero-order chi connectivity index (χ0) is 14.9. The molecule has 2 aromatic rings. The van der Waals surface area contributed by atoms with E-state index in [2.05, 4.69) is 4.74 Å². The van der Waals surface area contributed by atoms with Gasteiger partial charge in [-0.2, -0.15) is 8.78 Å². The van der Waals surface area contributed by atoms with Crippen LogP contribution < -0.4 is 4.74 Å². The molecule has 0 aliphatic rings. The van der Waals surface area contributed by atoms with E-state index in [1.165, 1.54) is 0 Å². The molecule has 0 unspecified atom stereocenters. The van der Waals surface area contributed by atoms with Crippen LogP contribution in [0.2, 0.25) is 0 Å². The predicted molar refractivity (Wildman–Crippen MR) is 58.9 cm³/mol. The van der Waals surface area contributed by atoms with E-state index in [1.807, 2.05) is 0 Å². The Bertz CT molecular complexity index is 602. The second-order valence-electron chi connectivity index (χ2n) is 3.87. The molecule has 2 aromatic carbocycles. The maximum atomic E-state index is 13.7. The van der Waals surface area contributed by atoms with Crippen molar-refractivity contribution in [3.63, 3.8) is 0 Å². The molecule has 0 fully saturated rings. The van der Waals surface area contributed by atoms with Crippen molar-refractivity contribution in [2.75, 3.05) is 0 Å². The van der Waals surface area contributed by atoms with Crippen molar-refractivity contribution in [2.24, 2.45) is 0 Å². The van der Waals surface area contributed by atoms with E-state index in [1.54, 1.807) is 0 Å². The van der Waals surface area contributed by atoms with Crippen LogP contribution in [0.25, 0.3) is 0 Å². The number of rotatable bonds is 3. The Balaban J connectivity index is 2.30. The van der Waals surface area contributed by atoms with Gasteiger partial charge in [0.1, 0.15) is 11.5 Å². The van der Waals surface area contributed by atoms with Gasteiger partial charge in [0, 0.05) is 12.1 Å². The third-order valence-electron chi connectivity index (χ3n) is 2.41. The first kappa shape index (κ1) is 14.1. The first-order chi connectivity index (χ1) is 9.29. The molecule has 0 aliphatic carbocycles. The van der Waals surface area contributed by atoms with E-state index in [0.29, 0.717) is 12.1 Å². The lowest BCUT2D eigenvalue weighted by Crippen LogP contribution is -2.22. The maximum Gasteiger partial charge on any atom is 0.426 e. The van der Waals surface area contributed by atoms with Gasteiger partial charge in [0.15, 0.2) is 17.5 Å². The number of benzene rings is 2. The highest BCUT2D eigenvalue weighted by molar-refractivity contribution is 5.30. The molecule has 0 radical (unpaired) electrons. The smallest absolute Gasteiger partial charge is 0.426 e. The summed E-state index contributed by atoms with van der Waals surface area (Å²) >= 11 is 0. The highest BCUT2D eigenvalue weighted by atomic mass is 19.3. The Morgan fingerprint density at radius 3 is 1.90 bits per heavy atom. The number of halogens is 5. The van der Waals surface area contributed by atoms with Gasteiger partial charge >= 0.3 is 6.11 Å². The van der Waals surface area contributed by atoms with Crippen LogP contribution >= 0.6 is 0 Å². The van der Waals surface area contributed by atoms with Gasteiger partial charge in [-0.3, -0.25) is 0 Å². The van der Waals surface area contributed by atoms with Crippen molar-refractivity contribution in [1.29, 1.82) is 0 Å². The number of hydrogen-bond acceptors (Lipinski definition) is 2. The molecule has 20 heavy (non-hydrogen) atoms. The number of phenols is 1. The summed E-state index contributed by atoms with van der Waals surface area (Å²) in [6.07, 6.45) is -3.90.